The Morgan fingerprint density at radius 2 is 1.62 bits per heavy atom. The number of ether oxygens (including phenoxy) is 1. The maximum Gasteiger partial charge on any atom is 0.410 e. The standard InChI is InChI=1S/C24H42N2O5S/c1-6-13-32(29,30)21-10-7-19(8-11-21)20-9-12-22-23(14-20)25(24(28)31-16(2)3)15-17(4)26(22)18(5)27/h16-17,19-23H,6-15H2,1-5H3. The highest BCUT2D eigenvalue weighted by Crippen LogP contribution is 2.43. The number of hydrogen-bond acceptors (Lipinski definition) is 5. The number of carbonyl (C=O) groups excluding carboxylic acids is 2. The Morgan fingerprint density at radius 1 is 1.00 bits per heavy atom. The third kappa shape index (κ3) is 5.42. The second kappa shape index (κ2) is 10.3. The molecule has 3 aliphatic rings. The molecule has 4 unspecified atom stereocenters. The second-order valence-electron chi connectivity index (χ2n) is 10.5. The van der Waals surface area contributed by atoms with Crippen molar-refractivity contribution < 1.29 is 22.7 Å². The molecule has 0 aromatic heterocycles. The van der Waals surface area contributed by atoms with Crippen LogP contribution >= 0.6 is 0 Å². The smallest absolute Gasteiger partial charge is 0.410 e. The molecule has 1 saturated heterocycles. The minimum Gasteiger partial charge on any atom is -0.447 e. The molecule has 3 fully saturated rings. The highest BCUT2D eigenvalue weighted by molar-refractivity contribution is 7.92. The molecule has 0 N–H and O–H groups in total. The Balaban J connectivity index is 1.71. The van der Waals surface area contributed by atoms with Crippen LogP contribution < -0.4 is 0 Å². The molecule has 2 amide bonds. The van der Waals surface area contributed by atoms with Crippen molar-refractivity contribution in [2.45, 2.75) is 115 Å². The van der Waals surface area contributed by atoms with Gasteiger partial charge in [-0.1, -0.05) is 6.92 Å². The van der Waals surface area contributed by atoms with Crippen molar-refractivity contribution in [1.82, 2.24) is 9.80 Å². The van der Waals surface area contributed by atoms with Gasteiger partial charge in [-0.2, -0.15) is 0 Å². The number of nitrogens with zero attached hydrogens (tertiary/aromatic N) is 2. The molecule has 184 valence electrons. The van der Waals surface area contributed by atoms with Crippen LogP contribution in [0.15, 0.2) is 0 Å². The number of carbonyl (C=O) groups is 2. The van der Waals surface area contributed by atoms with Crippen LogP contribution in [0.1, 0.15) is 86.0 Å². The Hall–Kier alpha value is -1.31. The fraction of sp³-hybridized carbons (Fsp3) is 0.917. The Labute approximate surface area is 194 Å². The largest absolute Gasteiger partial charge is 0.447 e. The Bertz CT molecular complexity index is 775. The van der Waals surface area contributed by atoms with Gasteiger partial charge in [0, 0.05) is 19.5 Å². The average molecular weight is 471 g/mol. The lowest BCUT2D eigenvalue weighted by Gasteiger charge is -2.54. The van der Waals surface area contributed by atoms with Crippen molar-refractivity contribution in [1.29, 1.82) is 0 Å². The molecule has 0 radical (unpaired) electrons. The zero-order chi connectivity index (χ0) is 23.6. The van der Waals surface area contributed by atoms with E-state index in [0.717, 1.165) is 44.9 Å². The molecule has 4 atom stereocenters. The van der Waals surface area contributed by atoms with E-state index in [-0.39, 0.29) is 41.5 Å². The van der Waals surface area contributed by atoms with Gasteiger partial charge in [-0.3, -0.25) is 4.79 Å². The Morgan fingerprint density at radius 3 is 2.19 bits per heavy atom. The molecular weight excluding hydrogens is 428 g/mol. The summed E-state index contributed by atoms with van der Waals surface area (Å²) >= 11 is 0. The monoisotopic (exact) mass is 470 g/mol. The zero-order valence-corrected chi connectivity index (χ0v) is 21.3. The number of sulfone groups is 1. The van der Waals surface area contributed by atoms with E-state index in [1.165, 1.54) is 0 Å². The Kier molecular flexibility index (Phi) is 8.16. The van der Waals surface area contributed by atoms with Gasteiger partial charge in [0.15, 0.2) is 9.84 Å². The van der Waals surface area contributed by atoms with Gasteiger partial charge in [0.1, 0.15) is 0 Å². The van der Waals surface area contributed by atoms with E-state index in [1.807, 2.05) is 37.5 Å². The minimum atomic E-state index is -2.97. The van der Waals surface area contributed by atoms with Gasteiger partial charge in [0.25, 0.3) is 0 Å². The quantitative estimate of drug-likeness (QED) is 0.606. The molecule has 1 aliphatic heterocycles. The first-order chi connectivity index (χ1) is 15.0. The molecule has 0 spiro atoms. The van der Waals surface area contributed by atoms with Crippen LogP contribution in [0.4, 0.5) is 4.79 Å². The first-order valence-corrected chi connectivity index (χ1v) is 14.2. The van der Waals surface area contributed by atoms with Crippen LogP contribution in [-0.4, -0.2) is 72.0 Å². The SMILES string of the molecule is CCCS(=O)(=O)C1CCC(C2CCC3C(C2)N(C(=O)OC(C)C)CC(C)N3C(C)=O)CC1. The van der Waals surface area contributed by atoms with Crippen LogP contribution in [0.2, 0.25) is 0 Å². The summed E-state index contributed by atoms with van der Waals surface area (Å²) in [7, 11) is -2.97. The molecule has 0 aromatic carbocycles. The van der Waals surface area contributed by atoms with Gasteiger partial charge >= 0.3 is 6.09 Å². The first-order valence-electron chi connectivity index (χ1n) is 12.5. The van der Waals surface area contributed by atoms with Crippen molar-refractivity contribution in [2.24, 2.45) is 11.8 Å². The molecule has 3 rings (SSSR count). The van der Waals surface area contributed by atoms with Crippen LogP contribution in [0.5, 0.6) is 0 Å². The van der Waals surface area contributed by atoms with Gasteiger partial charge in [0.2, 0.25) is 5.91 Å². The third-order valence-electron chi connectivity index (χ3n) is 7.83. The van der Waals surface area contributed by atoms with E-state index in [2.05, 4.69) is 0 Å². The fourth-order valence-electron chi connectivity index (χ4n) is 6.48. The highest BCUT2D eigenvalue weighted by Gasteiger charge is 2.48. The molecule has 2 aliphatic carbocycles. The molecular formula is C24H42N2O5S. The summed E-state index contributed by atoms with van der Waals surface area (Å²) in [4.78, 5) is 29.2. The van der Waals surface area contributed by atoms with Crippen molar-refractivity contribution in [3.8, 4) is 0 Å². The number of amides is 2. The van der Waals surface area contributed by atoms with Gasteiger partial charge in [0.05, 0.1) is 29.2 Å². The molecule has 0 aromatic rings. The van der Waals surface area contributed by atoms with Gasteiger partial charge in [-0.25, -0.2) is 13.2 Å². The maximum atomic E-state index is 12.9. The summed E-state index contributed by atoms with van der Waals surface area (Å²) in [5.74, 6) is 1.32. The highest BCUT2D eigenvalue weighted by atomic mass is 32.2. The van der Waals surface area contributed by atoms with Crippen LogP contribution in [0.3, 0.4) is 0 Å². The molecule has 0 bridgehead atoms. The summed E-state index contributed by atoms with van der Waals surface area (Å²) in [5.41, 5.74) is 0. The van der Waals surface area contributed by atoms with Crippen molar-refractivity contribution >= 4 is 21.8 Å². The number of piperazine rings is 1. The van der Waals surface area contributed by atoms with Crippen molar-refractivity contribution in [3.63, 3.8) is 0 Å². The van der Waals surface area contributed by atoms with E-state index in [9.17, 15) is 18.0 Å². The third-order valence-corrected chi connectivity index (χ3v) is 10.3. The van der Waals surface area contributed by atoms with E-state index in [4.69, 9.17) is 4.74 Å². The molecule has 7 nitrogen and oxygen atoms in total. The lowest BCUT2D eigenvalue weighted by molar-refractivity contribution is -0.142. The number of hydrogen-bond donors (Lipinski definition) is 0. The molecule has 2 saturated carbocycles. The summed E-state index contributed by atoms with van der Waals surface area (Å²) in [6, 6.07) is -0.0145. The lowest BCUT2D eigenvalue weighted by atomic mass is 9.69. The van der Waals surface area contributed by atoms with Gasteiger partial charge < -0.3 is 14.5 Å². The molecule has 8 heteroatoms. The topological polar surface area (TPSA) is 84.0 Å². The maximum absolute atomic E-state index is 12.9. The minimum absolute atomic E-state index is 0.0239. The molecule has 32 heavy (non-hydrogen) atoms. The normalized spacial score (nSPS) is 33.7. The lowest BCUT2D eigenvalue weighted by Crippen LogP contribution is -2.67. The summed E-state index contributed by atoms with van der Waals surface area (Å²) in [6.07, 6.45) is 6.41. The van der Waals surface area contributed by atoms with Crippen LogP contribution in [-0.2, 0) is 19.4 Å². The molecule has 1 heterocycles. The van der Waals surface area contributed by atoms with Gasteiger partial charge in [-0.15, -0.1) is 0 Å². The van der Waals surface area contributed by atoms with Gasteiger partial charge in [-0.05, 0) is 84.0 Å². The predicted octanol–water partition coefficient (Wildman–Crippen LogP) is 4.00. The van der Waals surface area contributed by atoms with Crippen LogP contribution in [0.25, 0.3) is 0 Å². The van der Waals surface area contributed by atoms with E-state index >= 15 is 0 Å². The predicted molar refractivity (Wildman–Crippen MR) is 125 cm³/mol. The van der Waals surface area contributed by atoms with Crippen LogP contribution in [0, 0.1) is 11.8 Å². The zero-order valence-electron chi connectivity index (χ0n) is 20.5. The fourth-order valence-corrected chi connectivity index (χ4v) is 8.37. The van der Waals surface area contributed by atoms with E-state index in [1.54, 1.807) is 6.92 Å². The van der Waals surface area contributed by atoms with Crippen molar-refractivity contribution in [3.05, 3.63) is 0 Å². The van der Waals surface area contributed by atoms with Crippen molar-refractivity contribution in [2.75, 3.05) is 12.3 Å². The van der Waals surface area contributed by atoms with E-state index in [0.29, 0.717) is 30.6 Å². The summed E-state index contributed by atoms with van der Waals surface area (Å²) < 4.78 is 30.5. The number of rotatable bonds is 5. The number of fused-ring (bicyclic) bond motifs is 1. The summed E-state index contributed by atoms with van der Waals surface area (Å²) in [6.45, 7) is 9.78. The summed E-state index contributed by atoms with van der Waals surface area (Å²) in [5, 5.41) is -0.184. The van der Waals surface area contributed by atoms with E-state index < -0.39 is 9.84 Å². The average Bonchev–Trinajstić information content (AvgIpc) is 2.72. The first kappa shape index (κ1) is 25.3. The second-order valence-corrected chi connectivity index (χ2v) is 12.9.